The van der Waals surface area contributed by atoms with E-state index in [0.717, 1.165) is 19.3 Å². The highest BCUT2D eigenvalue weighted by atomic mass is 16.5. The summed E-state index contributed by atoms with van der Waals surface area (Å²) in [5.74, 6) is 0.286. The summed E-state index contributed by atoms with van der Waals surface area (Å²) >= 11 is 0. The van der Waals surface area contributed by atoms with Gasteiger partial charge in [0.2, 0.25) is 0 Å². The van der Waals surface area contributed by atoms with Crippen LogP contribution in [0.4, 0.5) is 0 Å². The van der Waals surface area contributed by atoms with Crippen molar-refractivity contribution in [1.82, 2.24) is 0 Å². The maximum atomic E-state index is 12.1. The molecule has 2 N–H and O–H groups in total. The van der Waals surface area contributed by atoms with E-state index < -0.39 is 6.04 Å². The Hall–Kier alpha value is -1.35. The molecule has 1 unspecified atom stereocenters. The van der Waals surface area contributed by atoms with Gasteiger partial charge in [0.15, 0.2) is 0 Å². The van der Waals surface area contributed by atoms with Gasteiger partial charge in [-0.15, -0.1) is 0 Å². The molecule has 0 amide bonds. The minimum absolute atomic E-state index is 0.314. The van der Waals surface area contributed by atoms with Crippen molar-refractivity contribution in [3.05, 3.63) is 29.8 Å². The highest BCUT2D eigenvalue weighted by molar-refractivity contribution is 5.77. The van der Waals surface area contributed by atoms with E-state index in [1.165, 1.54) is 63.4 Å². The highest BCUT2D eigenvalue weighted by Gasteiger charge is 2.15. The van der Waals surface area contributed by atoms with Gasteiger partial charge >= 0.3 is 5.97 Å². The highest BCUT2D eigenvalue weighted by Crippen LogP contribution is 2.16. The lowest BCUT2D eigenvalue weighted by Gasteiger charge is -2.11. The standard InChI is InChI=1S/C23H39NO2/c1-3-5-7-9-11-13-15-22(24)23(25)26-21-18-16-20(17-19-21)14-12-10-8-6-4-2/h16-19,22H,3-15,24H2,1-2H3. The summed E-state index contributed by atoms with van der Waals surface area (Å²) in [6.45, 7) is 4.45. The van der Waals surface area contributed by atoms with Gasteiger partial charge in [0.25, 0.3) is 0 Å². The molecule has 1 rings (SSSR count). The fraction of sp³-hybridized carbons (Fsp3) is 0.696. The first-order valence-corrected chi connectivity index (χ1v) is 10.7. The quantitative estimate of drug-likeness (QED) is 0.230. The van der Waals surface area contributed by atoms with E-state index in [4.69, 9.17) is 10.5 Å². The lowest BCUT2D eigenvalue weighted by molar-refractivity contribution is -0.136. The summed E-state index contributed by atoms with van der Waals surface area (Å²) in [6, 6.07) is 7.37. The Bertz CT molecular complexity index is 470. The lowest BCUT2D eigenvalue weighted by Crippen LogP contribution is -2.34. The third-order valence-corrected chi connectivity index (χ3v) is 4.88. The summed E-state index contributed by atoms with van der Waals surface area (Å²) in [5.41, 5.74) is 7.27. The van der Waals surface area contributed by atoms with Crippen molar-refractivity contribution in [1.29, 1.82) is 0 Å². The molecule has 26 heavy (non-hydrogen) atoms. The molecule has 1 aromatic carbocycles. The average Bonchev–Trinajstić information content (AvgIpc) is 2.65. The van der Waals surface area contributed by atoms with E-state index in [2.05, 4.69) is 26.0 Å². The van der Waals surface area contributed by atoms with Crippen LogP contribution in [0.3, 0.4) is 0 Å². The molecule has 0 saturated carbocycles. The van der Waals surface area contributed by atoms with Crippen LogP contribution in [-0.2, 0) is 11.2 Å². The normalized spacial score (nSPS) is 12.1. The Morgan fingerprint density at radius 2 is 1.38 bits per heavy atom. The first kappa shape index (κ1) is 22.7. The van der Waals surface area contributed by atoms with Crippen molar-refractivity contribution in [2.75, 3.05) is 0 Å². The van der Waals surface area contributed by atoms with Gasteiger partial charge < -0.3 is 10.5 Å². The molecule has 0 radical (unpaired) electrons. The van der Waals surface area contributed by atoms with Crippen molar-refractivity contribution in [2.24, 2.45) is 5.73 Å². The molecule has 0 fully saturated rings. The van der Waals surface area contributed by atoms with Crippen molar-refractivity contribution in [3.8, 4) is 5.75 Å². The molecule has 0 aromatic heterocycles. The van der Waals surface area contributed by atoms with E-state index in [1.54, 1.807) is 0 Å². The number of ether oxygens (including phenoxy) is 1. The molecule has 0 aliphatic carbocycles. The predicted molar refractivity (Wildman–Crippen MR) is 111 cm³/mol. The van der Waals surface area contributed by atoms with E-state index in [-0.39, 0.29) is 5.97 Å². The molecule has 148 valence electrons. The minimum Gasteiger partial charge on any atom is -0.425 e. The van der Waals surface area contributed by atoms with Crippen LogP contribution in [0, 0.1) is 0 Å². The molecular weight excluding hydrogens is 322 g/mol. The van der Waals surface area contributed by atoms with Crippen molar-refractivity contribution in [3.63, 3.8) is 0 Å². The summed E-state index contributed by atoms with van der Waals surface area (Å²) in [7, 11) is 0. The van der Waals surface area contributed by atoms with Crippen LogP contribution in [-0.4, -0.2) is 12.0 Å². The van der Waals surface area contributed by atoms with Crippen LogP contribution in [0.1, 0.15) is 96.5 Å². The van der Waals surface area contributed by atoms with E-state index in [0.29, 0.717) is 12.2 Å². The molecule has 1 aromatic rings. The Kier molecular flexibility index (Phi) is 12.9. The van der Waals surface area contributed by atoms with Crippen LogP contribution in [0.25, 0.3) is 0 Å². The molecular formula is C23H39NO2. The third kappa shape index (κ3) is 10.6. The minimum atomic E-state index is -0.514. The molecule has 3 nitrogen and oxygen atoms in total. The fourth-order valence-corrected chi connectivity index (χ4v) is 3.11. The fourth-order valence-electron chi connectivity index (χ4n) is 3.11. The number of carbonyl (C=O) groups is 1. The Labute approximate surface area is 160 Å². The number of hydrogen-bond donors (Lipinski definition) is 1. The molecule has 0 heterocycles. The van der Waals surface area contributed by atoms with Gasteiger partial charge in [-0.05, 0) is 37.0 Å². The Morgan fingerprint density at radius 1 is 0.846 bits per heavy atom. The maximum Gasteiger partial charge on any atom is 0.328 e. The zero-order chi connectivity index (χ0) is 19.0. The van der Waals surface area contributed by atoms with Crippen LogP contribution in [0.2, 0.25) is 0 Å². The second kappa shape index (κ2) is 14.8. The predicted octanol–water partition coefficient (Wildman–Crippen LogP) is 6.18. The lowest BCUT2D eigenvalue weighted by atomic mass is 10.1. The van der Waals surface area contributed by atoms with Crippen LogP contribution in [0.5, 0.6) is 5.75 Å². The van der Waals surface area contributed by atoms with Gasteiger partial charge in [0.1, 0.15) is 11.8 Å². The second-order valence-electron chi connectivity index (χ2n) is 7.39. The zero-order valence-corrected chi connectivity index (χ0v) is 17.0. The van der Waals surface area contributed by atoms with Crippen molar-refractivity contribution in [2.45, 2.75) is 103 Å². The van der Waals surface area contributed by atoms with Crippen molar-refractivity contribution >= 4 is 5.97 Å². The van der Waals surface area contributed by atoms with Crippen LogP contribution in [0.15, 0.2) is 24.3 Å². The number of hydrogen-bond acceptors (Lipinski definition) is 3. The molecule has 3 heteroatoms. The summed E-state index contributed by atoms with van der Waals surface area (Å²) < 4.78 is 5.42. The Balaban J connectivity index is 2.22. The third-order valence-electron chi connectivity index (χ3n) is 4.88. The molecule has 0 aliphatic rings. The summed E-state index contributed by atoms with van der Waals surface area (Å²) in [5, 5.41) is 0. The first-order chi connectivity index (χ1) is 12.7. The summed E-state index contributed by atoms with van der Waals surface area (Å²) in [6.07, 6.45) is 15.4. The molecule has 1 atom stereocenters. The monoisotopic (exact) mass is 361 g/mol. The number of carbonyl (C=O) groups excluding carboxylic acids is 1. The average molecular weight is 362 g/mol. The van der Waals surface area contributed by atoms with Gasteiger partial charge in [-0.2, -0.15) is 0 Å². The van der Waals surface area contributed by atoms with E-state index in [1.807, 2.05) is 12.1 Å². The molecule has 0 bridgehead atoms. The van der Waals surface area contributed by atoms with Gasteiger partial charge in [0, 0.05) is 0 Å². The largest absolute Gasteiger partial charge is 0.425 e. The van der Waals surface area contributed by atoms with Gasteiger partial charge in [-0.1, -0.05) is 90.2 Å². The van der Waals surface area contributed by atoms with Gasteiger partial charge in [-0.25, -0.2) is 4.79 Å². The SMILES string of the molecule is CCCCCCCCC(N)C(=O)Oc1ccc(CCCCCCC)cc1. The number of aryl methyl sites for hydroxylation is 1. The van der Waals surface area contributed by atoms with Gasteiger partial charge in [0.05, 0.1) is 0 Å². The van der Waals surface area contributed by atoms with Crippen LogP contribution < -0.4 is 10.5 Å². The molecule has 0 saturated heterocycles. The number of esters is 1. The smallest absolute Gasteiger partial charge is 0.328 e. The number of unbranched alkanes of at least 4 members (excludes halogenated alkanes) is 9. The van der Waals surface area contributed by atoms with Crippen LogP contribution >= 0.6 is 0 Å². The van der Waals surface area contributed by atoms with Crippen molar-refractivity contribution < 1.29 is 9.53 Å². The number of benzene rings is 1. The topological polar surface area (TPSA) is 52.3 Å². The molecule has 0 spiro atoms. The van der Waals surface area contributed by atoms with Gasteiger partial charge in [-0.3, -0.25) is 0 Å². The van der Waals surface area contributed by atoms with E-state index in [9.17, 15) is 4.79 Å². The Morgan fingerprint density at radius 3 is 2.00 bits per heavy atom. The summed E-state index contributed by atoms with van der Waals surface area (Å²) in [4.78, 5) is 12.1. The maximum absolute atomic E-state index is 12.1. The zero-order valence-electron chi connectivity index (χ0n) is 17.0. The van der Waals surface area contributed by atoms with E-state index >= 15 is 0 Å². The number of rotatable bonds is 15. The first-order valence-electron chi connectivity index (χ1n) is 10.7. The number of nitrogens with two attached hydrogens (primary N) is 1. The second-order valence-corrected chi connectivity index (χ2v) is 7.39. The molecule has 0 aliphatic heterocycles.